The van der Waals surface area contributed by atoms with Gasteiger partial charge in [0, 0.05) is 59.2 Å². The number of carbonyl (C=O) groups excluding carboxylic acids is 1. The molecule has 6 heterocycles. The van der Waals surface area contributed by atoms with Gasteiger partial charge in [0.1, 0.15) is 18.5 Å². The summed E-state index contributed by atoms with van der Waals surface area (Å²) in [7, 11) is 0. The lowest BCUT2D eigenvalue weighted by Gasteiger charge is -2.38. The minimum Gasteiger partial charge on any atom is -0.508 e. The molecule has 4 unspecified atom stereocenters. The van der Waals surface area contributed by atoms with Crippen molar-refractivity contribution in [2.45, 2.75) is 93.4 Å². The molecule has 8 rings (SSSR count). The van der Waals surface area contributed by atoms with Gasteiger partial charge in [0.2, 0.25) is 11.8 Å². The Morgan fingerprint density at radius 1 is 1.16 bits per heavy atom. The number of alkyl halides is 1. The average Bonchev–Trinajstić information content (AvgIpc) is 3.62. The minimum atomic E-state index is -0.818. The van der Waals surface area contributed by atoms with Gasteiger partial charge in [0.25, 0.3) is 0 Å². The van der Waals surface area contributed by atoms with E-state index in [1.165, 1.54) is 6.08 Å². The molecule has 9 heteroatoms. The zero-order chi connectivity index (χ0) is 30.2. The maximum atomic E-state index is 14.5. The highest BCUT2D eigenvalue weighted by atomic mass is 35.5. The van der Waals surface area contributed by atoms with Gasteiger partial charge in [-0.05, 0) is 99.1 Å². The third-order valence-electron chi connectivity index (χ3n) is 10.9. The molecule has 1 aromatic carbocycles. The maximum absolute atomic E-state index is 14.5. The summed E-state index contributed by atoms with van der Waals surface area (Å²) in [5.41, 5.74) is 3.33. The molecule has 2 bridgehead atoms. The number of hydrogen-bond donors (Lipinski definition) is 1. The van der Waals surface area contributed by atoms with Crippen molar-refractivity contribution >= 4 is 28.3 Å². The Hall–Kier alpha value is -3.23. The Balaban J connectivity index is 1.19. The van der Waals surface area contributed by atoms with Gasteiger partial charge in [0.05, 0.1) is 16.9 Å². The third kappa shape index (κ3) is 4.76. The van der Waals surface area contributed by atoms with Gasteiger partial charge >= 0.3 is 0 Å². The van der Waals surface area contributed by atoms with Crippen LogP contribution < -0.4 is 4.74 Å². The number of nitrogens with zero attached hydrogens (tertiary/aromatic N) is 4. The standard InChI is InChI=1S/C35H38ClFN4O3/c1-2-32(43)41-24-6-7-25(41)11-22(10-24)34-28-17-38-30(27-14-26(42)15-29(36)33(27)20-4-5-20)12-21(28)13-31(39-34)44-19-35-8-3-9-40(35)18-23(37)16-35/h2,12-15,17,20,22-25,42H,1,3-11,16,18-19H2. The zero-order valence-electron chi connectivity index (χ0n) is 24.9. The minimum absolute atomic E-state index is 0.0107. The Morgan fingerprint density at radius 2 is 1.95 bits per heavy atom. The SMILES string of the molecule is C=CC(=O)N1C2CCC1CC(c1nc(OCC34CCCN3CC(F)C4)cc3cc(-c4cc(O)cc(Cl)c4C4CC4)ncc13)C2. The van der Waals surface area contributed by atoms with Crippen LogP contribution in [-0.2, 0) is 4.79 Å². The number of aromatic hydroxyl groups is 1. The molecule has 230 valence electrons. The van der Waals surface area contributed by atoms with E-state index in [4.69, 9.17) is 26.3 Å². The van der Waals surface area contributed by atoms with Crippen LogP contribution in [0.4, 0.5) is 4.39 Å². The number of benzene rings is 1. The number of piperidine rings is 1. The summed E-state index contributed by atoms with van der Waals surface area (Å²) in [5, 5.41) is 13.0. The summed E-state index contributed by atoms with van der Waals surface area (Å²) in [6.45, 7) is 5.53. The molecule has 5 aliphatic rings. The first-order valence-corrected chi connectivity index (χ1v) is 16.5. The van der Waals surface area contributed by atoms with Gasteiger partial charge in [-0.1, -0.05) is 18.2 Å². The van der Waals surface area contributed by atoms with Crippen LogP contribution in [0.3, 0.4) is 0 Å². The van der Waals surface area contributed by atoms with E-state index in [2.05, 4.69) is 17.5 Å². The van der Waals surface area contributed by atoms with E-state index in [1.54, 1.807) is 12.1 Å². The number of hydrogen-bond acceptors (Lipinski definition) is 6. The largest absolute Gasteiger partial charge is 0.508 e. The zero-order valence-corrected chi connectivity index (χ0v) is 25.6. The molecule has 2 aromatic heterocycles. The van der Waals surface area contributed by atoms with Gasteiger partial charge in [0.15, 0.2) is 0 Å². The van der Waals surface area contributed by atoms with Gasteiger partial charge < -0.3 is 14.7 Å². The van der Waals surface area contributed by atoms with E-state index in [1.807, 2.05) is 17.2 Å². The molecule has 1 saturated carbocycles. The van der Waals surface area contributed by atoms with Crippen molar-refractivity contribution in [1.82, 2.24) is 19.8 Å². The number of amides is 1. The number of fused-ring (bicyclic) bond motifs is 4. The topological polar surface area (TPSA) is 78.8 Å². The number of pyridine rings is 2. The molecule has 0 spiro atoms. The van der Waals surface area contributed by atoms with Gasteiger partial charge in [-0.2, -0.15) is 0 Å². The molecular formula is C35H38ClFN4O3. The second-order valence-electron chi connectivity index (χ2n) is 13.7. The van der Waals surface area contributed by atoms with Crippen molar-refractivity contribution in [3.05, 3.63) is 59.4 Å². The van der Waals surface area contributed by atoms with E-state index in [0.29, 0.717) is 36.4 Å². The fourth-order valence-electron chi connectivity index (χ4n) is 8.81. The Kier molecular flexibility index (Phi) is 6.87. The molecular weight excluding hydrogens is 579 g/mol. The highest BCUT2D eigenvalue weighted by molar-refractivity contribution is 6.32. The molecule has 4 saturated heterocycles. The summed E-state index contributed by atoms with van der Waals surface area (Å²) in [5.74, 6) is 1.20. The third-order valence-corrected chi connectivity index (χ3v) is 11.2. The van der Waals surface area contributed by atoms with E-state index < -0.39 is 6.17 Å². The Bertz CT molecular complexity index is 1650. The molecule has 5 fully saturated rings. The fraction of sp³-hybridized carbons (Fsp3) is 0.514. The highest BCUT2D eigenvalue weighted by Gasteiger charge is 2.49. The molecule has 44 heavy (non-hydrogen) atoms. The van der Waals surface area contributed by atoms with Gasteiger partial charge in [-0.15, -0.1) is 0 Å². The lowest BCUT2D eigenvalue weighted by atomic mass is 9.86. The first-order valence-electron chi connectivity index (χ1n) is 16.1. The number of aromatic nitrogens is 2. The van der Waals surface area contributed by atoms with E-state index in [9.17, 15) is 14.3 Å². The summed E-state index contributed by atoms with van der Waals surface area (Å²) in [6, 6.07) is 7.75. The Morgan fingerprint density at radius 3 is 2.70 bits per heavy atom. The summed E-state index contributed by atoms with van der Waals surface area (Å²) in [4.78, 5) is 27.0. The van der Waals surface area contributed by atoms with Crippen molar-refractivity contribution in [3.8, 4) is 22.9 Å². The first kappa shape index (κ1) is 28.3. The van der Waals surface area contributed by atoms with Crippen molar-refractivity contribution in [3.63, 3.8) is 0 Å². The van der Waals surface area contributed by atoms with Crippen molar-refractivity contribution in [1.29, 1.82) is 0 Å². The molecule has 1 N–H and O–H groups in total. The highest BCUT2D eigenvalue weighted by Crippen LogP contribution is 2.50. The summed E-state index contributed by atoms with van der Waals surface area (Å²) < 4.78 is 21.0. The van der Waals surface area contributed by atoms with Gasteiger partial charge in [-0.3, -0.25) is 14.7 Å². The van der Waals surface area contributed by atoms with Gasteiger partial charge in [-0.25, -0.2) is 9.37 Å². The van der Waals surface area contributed by atoms with Crippen molar-refractivity contribution < 1.29 is 19.0 Å². The predicted molar refractivity (Wildman–Crippen MR) is 168 cm³/mol. The Labute approximate surface area is 262 Å². The van der Waals surface area contributed by atoms with Crippen LogP contribution in [0.2, 0.25) is 5.02 Å². The van der Waals surface area contributed by atoms with E-state index >= 15 is 0 Å². The summed E-state index contributed by atoms with van der Waals surface area (Å²) in [6.07, 6.45) is 10.8. The first-order chi connectivity index (χ1) is 21.3. The molecule has 3 aromatic rings. The quantitative estimate of drug-likeness (QED) is 0.291. The van der Waals surface area contributed by atoms with E-state index in [-0.39, 0.29) is 35.2 Å². The fourth-order valence-corrected chi connectivity index (χ4v) is 9.17. The van der Waals surface area contributed by atoms with Crippen molar-refractivity contribution in [2.75, 3.05) is 19.7 Å². The van der Waals surface area contributed by atoms with Crippen LogP contribution in [0, 0.1) is 0 Å². The lowest BCUT2D eigenvalue weighted by molar-refractivity contribution is -0.130. The molecule has 4 atom stereocenters. The van der Waals surface area contributed by atoms with Crippen LogP contribution in [0.25, 0.3) is 22.0 Å². The predicted octanol–water partition coefficient (Wildman–Crippen LogP) is 6.91. The van der Waals surface area contributed by atoms with Crippen LogP contribution in [0.1, 0.15) is 80.9 Å². The number of carbonyl (C=O) groups is 1. The lowest BCUT2D eigenvalue weighted by Crippen LogP contribution is -2.45. The maximum Gasteiger partial charge on any atom is 0.246 e. The molecule has 7 nitrogen and oxygen atoms in total. The molecule has 1 amide bonds. The van der Waals surface area contributed by atoms with Crippen LogP contribution >= 0.6 is 11.6 Å². The number of ether oxygens (including phenoxy) is 1. The summed E-state index contributed by atoms with van der Waals surface area (Å²) >= 11 is 6.64. The monoisotopic (exact) mass is 616 g/mol. The molecule has 1 aliphatic carbocycles. The number of phenols is 1. The molecule has 4 aliphatic heterocycles. The smallest absolute Gasteiger partial charge is 0.246 e. The van der Waals surface area contributed by atoms with Crippen molar-refractivity contribution in [2.24, 2.45) is 0 Å². The second kappa shape index (κ2) is 10.7. The van der Waals surface area contributed by atoms with Crippen LogP contribution in [0.5, 0.6) is 11.6 Å². The van der Waals surface area contributed by atoms with Crippen LogP contribution in [0.15, 0.2) is 43.1 Å². The average molecular weight is 617 g/mol. The second-order valence-corrected chi connectivity index (χ2v) is 14.1. The van der Waals surface area contributed by atoms with Crippen LogP contribution in [-0.4, -0.2) is 74.3 Å². The molecule has 0 radical (unpaired) electrons. The normalized spacial score (nSPS) is 29.7. The number of phenolic OH excluding ortho intramolecular Hbond substituents is 1. The van der Waals surface area contributed by atoms with E-state index in [0.717, 1.165) is 91.2 Å². The number of halogens is 2. The number of rotatable bonds is 7.